The van der Waals surface area contributed by atoms with Crippen LogP contribution in [0.2, 0.25) is 5.02 Å². The number of aryl methyl sites for hydroxylation is 1. The lowest BCUT2D eigenvalue weighted by molar-refractivity contribution is 0.0995. The number of anilines is 1. The summed E-state index contributed by atoms with van der Waals surface area (Å²) in [5.74, 6) is -1.26. The number of benzene rings is 2. The van der Waals surface area contributed by atoms with E-state index in [-0.39, 0.29) is 40.9 Å². The van der Waals surface area contributed by atoms with Crippen LogP contribution < -0.4 is 20.5 Å². The van der Waals surface area contributed by atoms with Gasteiger partial charge in [-0.2, -0.15) is 0 Å². The minimum absolute atomic E-state index is 0.0150. The van der Waals surface area contributed by atoms with Gasteiger partial charge in [-0.1, -0.05) is 11.6 Å². The van der Waals surface area contributed by atoms with Crippen molar-refractivity contribution in [2.24, 2.45) is 5.73 Å². The van der Waals surface area contributed by atoms with Crippen LogP contribution in [0, 0.1) is 12.7 Å². The van der Waals surface area contributed by atoms with Crippen LogP contribution in [-0.4, -0.2) is 52.3 Å². The number of nitrogens with one attached hydrogen (secondary N) is 1. The summed E-state index contributed by atoms with van der Waals surface area (Å²) in [6.45, 7) is 1.58. The molecule has 40 heavy (non-hydrogen) atoms. The fraction of sp³-hybridized carbons (Fsp3) is 0.154. The third kappa shape index (κ3) is 5.55. The number of methoxy groups -OCH3 is 1. The standard InChI is InChI=1S/C26H20ClFN6O5S/c1-12-7-14(22-15(8-12)33-19(37-2)11-31-22)25-34-23-18(40-25)10-17(21(28)20(23)27)38-5-6-39-26(36)32-13-3-4-30-16(9-13)24(29)35/h3-4,7-11H,5-6H2,1-2H3,(H2,29,35)(H,30,32,36). The van der Waals surface area contributed by atoms with Crippen LogP contribution in [0.1, 0.15) is 16.1 Å². The van der Waals surface area contributed by atoms with Crippen molar-refractivity contribution in [1.29, 1.82) is 0 Å². The lowest BCUT2D eigenvalue weighted by atomic mass is 10.1. The third-order valence-corrected chi connectivity index (χ3v) is 6.95. The van der Waals surface area contributed by atoms with Gasteiger partial charge >= 0.3 is 6.09 Å². The molecular weight excluding hydrogens is 563 g/mol. The highest BCUT2D eigenvalue weighted by atomic mass is 35.5. The molecule has 2 aromatic carbocycles. The van der Waals surface area contributed by atoms with Gasteiger partial charge in [-0.25, -0.2) is 24.1 Å². The Morgan fingerprint density at radius 2 is 1.95 bits per heavy atom. The van der Waals surface area contributed by atoms with Crippen LogP contribution in [0.5, 0.6) is 11.6 Å². The monoisotopic (exact) mass is 582 g/mol. The summed E-state index contributed by atoms with van der Waals surface area (Å²) in [5, 5.41) is 2.83. The number of aromatic nitrogens is 4. The van der Waals surface area contributed by atoms with Crippen LogP contribution >= 0.6 is 22.9 Å². The quantitative estimate of drug-likeness (QED) is 0.237. The summed E-state index contributed by atoms with van der Waals surface area (Å²) in [5.41, 5.74) is 8.63. The smallest absolute Gasteiger partial charge is 0.411 e. The molecule has 11 nitrogen and oxygen atoms in total. The van der Waals surface area contributed by atoms with Crippen molar-refractivity contribution in [3.63, 3.8) is 0 Å². The SMILES string of the molecule is COc1cnc2c(-c3nc4c(Cl)c(F)c(OCCOC(=O)Nc5ccnc(C(N)=O)c5)cc4s3)cc(C)cc2n1. The number of hydrogen-bond acceptors (Lipinski definition) is 10. The molecule has 14 heteroatoms. The number of rotatable bonds is 8. The summed E-state index contributed by atoms with van der Waals surface area (Å²) < 4.78 is 31.4. The second-order valence-corrected chi connectivity index (χ2v) is 9.77. The Balaban J connectivity index is 1.30. The van der Waals surface area contributed by atoms with E-state index in [2.05, 4.69) is 25.3 Å². The number of halogens is 2. The number of hydrogen-bond donors (Lipinski definition) is 2. The molecule has 204 valence electrons. The van der Waals surface area contributed by atoms with Crippen molar-refractivity contribution in [2.45, 2.75) is 6.92 Å². The lowest BCUT2D eigenvalue weighted by Crippen LogP contribution is -2.19. The largest absolute Gasteiger partial charge is 0.487 e. The Bertz CT molecular complexity index is 1780. The molecule has 0 atom stereocenters. The highest BCUT2D eigenvalue weighted by Gasteiger charge is 2.20. The minimum Gasteiger partial charge on any atom is -0.487 e. The van der Waals surface area contributed by atoms with E-state index in [0.29, 0.717) is 26.6 Å². The van der Waals surface area contributed by atoms with E-state index >= 15 is 4.39 Å². The Morgan fingerprint density at radius 1 is 1.12 bits per heavy atom. The van der Waals surface area contributed by atoms with Crippen molar-refractivity contribution in [3.8, 4) is 22.2 Å². The first-order valence-corrected chi connectivity index (χ1v) is 12.9. The summed E-state index contributed by atoms with van der Waals surface area (Å²) in [4.78, 5) is 40.6. The molecule has 0 unspecified atom stereocenters. The van der Waals surface area contributed by atoms with E-state index in [0.717, 1.165) is 11.1 Å². The molecule has 0 radical (unpaired) electrons. The van der Waals surface area contributed by atoms with Crippen molar-refractivity contribution in [2.75, 3.05) is 25.6 Å². The molecule has 0 fully saturated rings. The maximum Gasteiger partial charge on any atom is 0.411 e. The molecule has 0 aliphatic heterocycles. The molecule has 0 saturated carbocycles. The predicted molar refractivity (Wildman–Crippen MR) is 148 cm³/mol. The van der Waals surface area contributed by atoms with E-state index in [1.807, 2.05) is 19.1 Å². The van der Waals surface area contributed by atoms with Crippen LogP contribution in [0.15, 0.2) is 42.7 Å². The molecule has 0 aliphatic carbocycles. The van der Waals surface area contributed by atoms with E-state index < -0.39 is 17.8 Å². The van der Waals surface area contributed by atoms with Crippen molar-refractivity contribution in [3.05, 3.63) is 64.8 Å². The second kappa shape index (κ2) is 11.2. The zero-order chi connectivity index (χ0) is 28.4. The summed E-state index contributed by atoms with van der Waals surface area (Å²) in [6, 6.07) is 8.07. The van der Waals surface area contributed by atoms with Gasteiger partial charge in [0.25, 0.3) is 5.91 Å². The Labute approximate surface area is 235 Å². The van der Waals surface area contributed by atoms with Crippen LogP contribution in [0.4, 0.5) is 14.9 Å². The molecule has 3 aromatic heterocycles. The maximum atomic E-state index is 15.0. The zero-order valence-corrected chi connectivity index (χ0v) is 22.6. The molecule has 5 rings (SSSR count). The Kier molecular flexibility index (Phi) is 7.58. The molecule has 0 spiro atoms. The number of carbonyl (C=O) groups is 2. The summed E-state index contributed by atoms with van der Waals surface area (Å²) >= 11 is 7.62. The number of nitrogens with zero attached hydrogens (tertiary/aromatic N) is 4. The number of amides is 2. The van der Waals surface area contributed by atoms with Gasteiger partial charge in [0.2, 0.25) is 5.88 Å². The van der Waals surface area contributed by atoms with Gasteiger partial charge in [0, 0.05) is 23.5 Å². The third-order valence-electron chi connectivity index (χ3n) is 5.57. The Morgan fingerprint density at radius 3 is 2.73 bits per heavy atom. The van der Waals surface area contributed by atoms with Crippen LogP contribution in [0.3, 0.4) is 0 Å². The number of primary amides is 1. The molecule has 3 N–H and O–H groups in total. The molecular formula is C26H20ClFN6O5S. The van der Waals surface area contributed by atoms with Crippen molar-refractivity contribution in [1.82, 2.24) is 19.9 Å². The average Bonchev–Trinajstić information content (AvgIpc) is 3.37. The number of carbonyl (C=O) groups excluding carboxylic acids is 2. The summed E-state index contributed by atoms with van der Waals surface area (Å²) in [6.07, 6.45) is 2.03. The van der Waals surface area contributed by atoms with Crippen molar-refractivity contribution >= 4 is 61.9 Å². The first-order chi connectivity index (χ1) is 19.2. The average molecular weight is 583 g/mol. The zero-order valence-electron chi connectivity index (χ0n) is 21.0. The fourth-order valence-electron chi connectivity index (χ4n) is 3.79. The van der Waals surface area contributed by atoms with Gasteiger partial charge < -0.3 is 19.9 Å². The molecule has 0 aliphatic rings. The van der Waals surface area contributed by atoms with E-state index in [9.17, 15) is 9.59 Å². The minimum atomic E-state index is -0.808. The van der Waals surface area contributed by atoms with Gasteiger partial charge in [-0.3, -0.25) is 15.1 Å². The number of thiazole rings is 1. The van der Waals surface area contributed by atoms with Gasteiger partial charge in [0.1, 0.15) is 34.5 Å². The first-order valence-electron chi connectivity index (χ1n) is 11.7. The van der Waals surface area contributed by atoms with Crippen LogP contribution in [-0.2, 0) is 4.74 Å². The van der Waals surface area contributed by atoms with Crippen molar-refractivity contribution < 1.29 is 28.2 Å². The molecule has 5 aromatic rings. The highest BCUT2D eigenvalue weighted by molar-refractivity contribution is 7.21. The first kappa shape index (κ1) is 27.0. The van der Waals surface area contributed by atoms with Crippen LogP contribution in [0.25, 0.3) is 31.8 Å². The number of pyridine rings is 1. The van der Waals surface area contributed by atoms with E-state index in [4.69, 9.17) is 31.5 Å². The highest BCUT2D eigenvalue weighted by Crippen LogP contribution is 2.40. The van der Waals surface area contributed by atoms with Gasteiger partial charge in [0.15, 0.2) is 11.6 Å². The second-order valence-electron chi connectivity index (χ2n) is 8.36. The molecule has 0 bridgehead atoms. The number of ether oxygens (including phenoxy) is 3. The Hall–Kier alpha value is -4.62. The fourth-order valence-corrected chi connectivity index (χ4v) is 5.11. The van der Waals surface area contributed by atoms with Gasteiger partial charge in [-0.05, 0) is 36.8 Å². The number of nitrogens with two attached hydrogens (primary N) is 1. The van der Waals surface area contributed by atoms with Gasteiger partial charge in [0.05, 0.1) is 29.0 Å². The van der Waals surface area contributed by atoms with E-state index in [1.54, 1.807) is 0 Å². The topological polar surface area (TPSA) is 151 Å². The molecule has 0 saturated heterocycles. The maximum absolute atomic E-state index is 15.0. The normalized spacial score (nSPS) is 11.0. The van der Waals surface area contributed by atoms with Gasteiger partial charge in [-0.15, -0.1) is 11.3 Å². The number of fused-ring (bicyclic) bond motifs is 2. The summed E-state index contributed by atoms with van der Waals surface area (Å²) in [7, 11) is 1.52. The van der Waals surface area contributed by atoms with E-state index in [1.165, 1.54) is 49.0 Å². The molecule has 3 heterocycles. The molecule has 2 amide bonds. The lowest BCUT2D eigenvalue weighted by Gasteiger charge is -2.10. The predicted octanol–water partition coefficient (Wildman–Crippen LogP) is 5.14.